The van der Waals surface area contributed by atoms with Gasteiger partial charge in [0.2, 0.25) is 0 Å². The highest BCUT2D eigenvalue weighted by molar-refractivity contribution is 7.92. The molecule has 0 radical (unpaired) electrons. The third kappa shape index (κ3) is 3.96. The summed E-state index contributed by atoms with van der Waals surface area (Å²) in [4.78, 5) is 3.25. The van der Waals surface area contributed by atoms with Crippen molar-refractivity contribution in [1.82, 2.24) is 5.32 Å². The number of hydrogen-bond acceptors (Lipinski definition) is 5. The Labute approximate surface area is 129 Å². The highest BCUT2D eigenvalue weighted by Crippen LogP contribution is 2.23. The van der Waals surface area contributed by atoms with E-state index in [0.717, 1.165) is 10.6 Å². The van der Waals surface area contributed by atoms with Crippen molar-refractivity contribution in [2.45, 2.75) is 11.4 Å². The van der Waals surface area contributed by atoms with Gasteiger partial charge in [0.05, 0.1) is 4.90 Å². The molecule has 21 heavy (non-hydrogen) atoms. The minimum atomic E-state index is -3.52. The summed E-state index contributed by atoms with van der Waals surface area (Å²) in [5.41, 5.74) is 1.58. The van der Waals surface area contributed by atoms with Gasteiger partial charge in [-0.25, -0.2) is 8.42 Å². The molecule has 2 rings (SSSR count). The maximum Gasteiger partial charge on any atom is 0.262 e. The standard InChI is InChI=1S/C14H19N3O2S2/c1-15-9-13-8-14(10-20-13)21(18,19)16-11-4-6-12(7-5-11)17(2)3/h4-8,10,15-16H,9H2,1-3H3. The van der Waals surface area contributed by atoms with Crippen LogP contribution >= 0.6 is 11.3 Å². The summed E-state index contributed by atoms with van der Waals surface area (Å²) >= 11 is 1.43. The molecule has 0 saturated heterocycles. The molecule has 5 nitrogen and oxygen atoms in total. The maximum atomic E-state index is 12.3. The third-order valence-corrected chi connectivity index (χ3v) is 5.37. The van der Waals surface area contributed by atoms with E-state index < -0.39 is 10.0 Å². The van der Waals surface area contributed by atoms with Gasteiger partial charge in [0, 0.05) is 42.3 Å². The lowest BCUT2D eigenvalue weighted by molar-refractivity contribution is 0.601. The molecule has 0 atom stereocenters. The second-order valence-corrected chi connectivity index (χ2v) is 7.50. The van der Waals surface area contributed by atoms with E-state index in [0.29, 0.717) is 17.1 Å². The Bertz CT molecular complexity index is 691. The predicted octanol–water partition coefficient (Wildman–Crippen LogP) is 2.33. The zero-order valence-corrected chi connectivity index (χ0v) is 13.9. The molecule has 0 aliphatic rings. The number of hydrogen-bond donors (Lipinski definition) is 2. The lowest BCUT2D eigenvalue weighted by Crippen LogP contribution is -2.13. The summed E-state index contributed by atoms with van der Waals surface area (Å²) in [7, 11) is 2.18. The summed E-state index contributed by atoms with van der Waals surface area (Å²) in [5.74, 6) is 0. The highest BCUT2D eigenvalue weighted by Gasteiger charge is 2.16. The van der Waals surface area contributed by atoms with Gasteiger partial charge in [-0.1, -0.05) is 0 Å². The first-order valence-corrected chi connectivity index (χ1v) is 8.81. The van der Waals surface area contributed by atoms with E-state index in [1.54, 1.807) is 23.6 Å². The number of benzene rings is 1. The smallest absolute Gasteiger partial charge is 0.262 e. The normalized spacial score (nSPS) is 11.4. The average Bonchev–Trinajstić information content (AvgIpc) is 2.89. The lowest BCUT2D eigenvalue weighted by atomic mass is 10.3. The van der Waals surface area contributed by atoms with Gasteiger partial charge in [0.25, 0.3) is 10.0 Å². The van der Waals surface area contributed by atoms with Crippen molar-refractivity contribution >= 4 is 32.7 Å². The van der Waals surface area contributed by atoms with E-state index in [1.807, 2.05) is 38.2 Å². The Morgan fingerprint density at radius 3 is 2.43 bits per heavy atom. The number of nitrogens with zero attached hydrogens (tertiary/aromatic N) is 1. The first-order chi connectivity index (χ1) is 9.92. The van der Waals surface area contributed by atoms with Gasteiger partial charge < -0.3 is 10.2 Å². The molecule has 1 aromatic carbocycles. The monoisotopic (exact) mass is 325 g/mol. The summed E-state index contributed by atoms with van der Waals surface area (Å²) in [5, 5.41) is 4.66. The molecule has 0 fully saturated rings. The number of sulfonamides is 1. The Kier molecular flexibility index (Phi) is 4.87. The van der Waals surface area contributed by atoms with Crippen LogP contribution in [0.25, 0.3) is 0 Å². The van der Waals surface area contributed by atoms with Gasteiger partial charge in [0.15, 0.2) is 0 Å². The van der Waals surface area contributed by atoms with Crippen LogP contribution in [-0.2, 0) is 16.6 Å². The topological polar surface area (TPSA) is 61.4 Å². The quantitative estimate of drug-likeness (QED) is 0.856. The van der Waals surface area contributed by atoms with E-state index in [4.69, 9.17) is 0 Å². The van der Waals surface area contributed by atoms with Crippen molar-refractivity contribution in [3.05, 3.63) is 40.6 Å². The van der Waals surface area contributed by atoms with Crippen LogP contribution in [0.3, 0.4) is 0 Å². The predicted molar refractivity (Wildman–Crippen MR) is 88.7 cm³/mol. The van der Waals surface area contributed by atoms with Crippen LogP contribution in [0.5, 0.6) is 0 Å². The van der Waals surface area contributed by atoms with Crippen LogP contribution in [0, 0.1) is 0 Å². The largest absolute Gasteiger partial charge is 0.378 e. The van der Waals surface area contributed by atoms with Gasteiger partial charge in [-0.3, -0.25) is 4.72 Å². The molecule has 0 bridgehead atoms. The summed E-state index contributed by atoms with van der Waals surface area (Å²) in [6.07, 6.45) is 0. The first kappa shape index (κ1) is 15.8. The van der Waals surface area contributed by atoms with Gasteiger partial charge in [0.1, 0.15) is 0 Å². The fraction of sp³-hybridized carbons (Fsp3) is 0.286. The molecule has 0 unspecified atom stereocenters. The number of nitrogens with one attached hydrogen (secondary N) is 2. The van der Waals surface area contributed by atoms with Crippen LogP contribution in [0.15, 0.2) is 40.6 Å². The van der Waals surface area contributed by atoms with E-state index >= 15 is 0 Å². The van der Waals surface area contributed by atoms with Gasteiger partial charge >= 0.3 is 0 Å². The third-order valence-electron chi connectivity index (χ3n) is 2.93. The average molecular weight is 325 g/mol. The molecule has 1 heterocycles. The molecule has 0 amide bonds. The Morgan fingerprint density at radius 1 is 1.19 bits per heavy atom. The SMILES string of the molecule is CNCc1cc(S(=O)(=O)Nc2ccc(N(C)C)cc2)cs1. The van der Waals surface area contributed by atoms with Crippen LogP contribution in [-0.4, -0.2) is 29.6 Å². The zero-order chi connectivity index (χ0) is 15.5. The maximum absolute atomic E-state index is 12.3. The Hall–Kier alpha value is -1.57. The van der Waals surface area contributed by atoms with Crippen LogP contribution < -0.4 is 14.9 Å². The minimum absolute atomic E-state index is 0.300. The molecular weight excluding hydrogens is 306 g/mol. The van der Waals surface area contributed by atoms with E-state index in [-0.39, 0.29) is 0 Å². The molecule has 0 aliphatic carbocycles. The lowest BCUT2D eigenvalue weighted by Gasteiger charge is -2.13. The van der Waals surface area contributed by atoms with Crippen molar-refractivity contribution in [3.63, 3.8) is 0 Å². The molecule has 1 aromatic heterocycles. The number of thiophene rings is 1. The molecule has 0 spiro atoms. The van der Waals surface area contributed by atoms with Crippen LogP contribution in [0.4, 0.5) is 11.4 Å². The second-order valence-electron chi connectivity index (χ2n) is 4.83. The molecular formula is C14H19N3O2S2. The number of rotatable bonds is 6. The van der Waals surface area contributed by atoms with Crippen molar-refractivity contribution in [2.24, 2.45) is 0 Å². The second kappa shape index (κ2) is 6.46. The van der Waals surface area contributed by atoms with Gasteiger partial charge in [-0.2, -0.15) is 0 Å². The number of anilines is 2. The fourth-order valence-corrected chi connectivity index (χ4v) is 4.16. The van der Waals surface area contributed by atoms with Gasteiger partial charge in [-0.15, -0.1) is 11.3 Å². The first-order valence-electron chi connectivity index (χ1n) is 6.44. The van der Waals surface area contributed by atoms with E-state index in [1.165, 1.54) is 11.3 Å². The minimum Gasteiger partial charge on any atom is -0.378 e. The summed E-state index contributed by atoms with van der Waals surface area (Å²) in [6.45, 7) is 0.664. The zero-order valence-electron chi connectivity index (χ0n) is 12.3. The van der Waals surface area contributed by atoms with Crippen molar-refractivity contribution < 1.29 is 8.42 Å². The van der Waals surface area contributed by atoms with Crippen LogP contribution in [0.1, 0.15) is 4.88 Å². The molecule has 0 aliphatic heterocycles. The van der Waals surface area contributed by atoms with Crippen molar-refractivity contribution in [2.75, 3.05) is 30.8 Å². The van der Waals surface area contributed by atoms with E-state index in [2.05, 4.69) is 10.0 Å². The summed E-state index contributed by atoms with van der Waals surface area (Å²) in [6, 6.07) is 8.95. The van der Waals surface area contributed by atoms with Crippen LogP contribution in [0.2, 0.25) is 0 Å². The Balaban J connectivity index is 2.16. The molecule has 2 N–H and O–H groups in total. The molecule has 0 saturated carbocycles. The van der Waals surface area contributed by atoms with Crippen molar-refractivity contribution in [1.29, 1.82) is 0 Å². The van der Waals surface area contributed by atoms with Gasteiger partial charge in [-0.05, 0) is 37.4 Å². The highest BCUT2D eigenvalue weighted by atomic mass is 32.2. The van der Waals surface area contributed by atoms with Crippen molar-refractivity contribution in [3.8, 4) is 0 Å². The Morgan fingerprint density at radius 2 is 1.86 bits per heavy atom. The fourth-order valence-electron chi connectivity index (χ4n) is 1.81. The summed E-state index contributed by atoms with van der Waals surface area (Å²) < 4.78 is 27.2. The molecule has 2 aromatic rings. The van der Waals surface area contributed by atoms with E-state index in [9.17, 15) is 8.42 Å². The molecule has 114 valence electrons. The molecule has 7 heteroatoms.